The molecule has 0 aliphatic carbocycles. The lowest BCUT2D eigenvalue weighted by Crippen LogP contribution is -2.25. The van der Waals surface area contributed by atoms with E-state index < -0.39 is 11.5 Å². The van der Waals surface area contributed by atoms with E-state index >= 15 is 0 Å². The molecule has 0 unspecified atom stereocenters. The van der Waals surface area contributed by atoms with Gasteiger partial charge in [0.15, 0.2) is 11.5 Å². The van der Waals surface area contributed by atoms with Crippen molar-refractivity contribution in [2.45, 2.75) is 13.5 Å². The van der Waals surface area contributed by atoms with E-state index in [0.29, 0.717) is 23.7 Å². The summed E-state index contributed by atoms with van der Waals surface area (Å²) in [5, 5.41) is 15.2. The number of ether oxygens (including phenoxy) is 2. The van der Waals surface area contributed by atoms with Crippen molar-refractivity contribution < 1.29 is 14.3 Å². The normalized spacial score (nSPS) is 12.3. The number of hydrogen-bond donors (Lipinski definition) is 2. The molecule has 9 nitrogen and oxygen atoms in total. The highest BCUT2D eigenvalue weighted by atomic mass is 16.7. The van der Waals surface area contributed by atoms with Gasteiger partial charge in [-0.2, -0.15) is 5.26 Å². The summed E-state index contributed by atoms with van der Waals surface area (Å²) in [5.41, 5.74) is 1.65. The molecule has 33 heavy (non-hydrogen) atoms. The predicted octanol–water partition coefficient (Wildman–Crippen LogP) is 2.55. The first-order valence-electron chi connectivity index (χ1n) is 10.2. The summed E-state index contributed by atoms with van der Waals surface area (Å²) in [6.45, 7) is 6.09. The minimum atomic E-state index is -0.604. The van der Waals surface area contributed by atoms with Crippen LogP contribution in [0, 0.1) is 18.3 Å². The van der Waals surface area contributed by atoms with Gasteiger partial charge in [0, 0.05) is 19.3 Å². The minimum Gasteiger partial charge on any atom is -0.454 e. The number of anilines is 1. The number of nitrogens with zero attached hydrogens (tertiary/aromatic N) is 3. The lowest BCUT2D eigenvalue weighted by molar-refractivity contribution is -0.116. The van der Waals surface area contributed by atoms with E-state index in [1.165, 1.54) is 16.6 Å². The number of aryl methyl sites for hydroxylation is 1. The monoisotopic (exact) mass is 443 g/mol. The number of carbonyl (C=O) groups excluding carboxylic acids is 1. The number of amides is 1. The van der Waals surface area contributed by atoms with Crippen LogP contribution in [0.1, 0.15) is 16.7 Å². The smallest absolute Gasteiger partial charge is 0.267 e. The van der Waals surface area contributed by atoms with E-state index in [-0.39, 0.29) is 30.3 Å². The van der Waals surface area contributed by atoms with Crippen molar-refractivity contribution in [2.24, 2.45) is 0 Å². The van der Waals surface area contributed by atoms with Gasteiger partial charge in [-0.3, -0.25) is 14.0 Å². The van der Waals surface area contributed by atoms with E-state index in [4.69, 9.17) is 9.47 Å². The Hall–Kier alpha value is -4.58. The molecule has 1 aliphatic rings. The fraction of sp³-hybridized carbons (Fsp3) is 0.167. The Morgan fingerprint density at radius 3 is 2.94 bits per heavy atom. The zero-order valence-electron chi connectivity index (χ0n) is 17.9. The molecule has 1 aromatic carbocycles. The molecular formula is C24H21N5O4. The summed E-state index contributed by atoms with van der Waals surface area (Å²) < 4.78 is 12.1. The van der Waals surface area contributed by atoms with E-state index in [1.807, 2.05) is 37.3 Å². The van der Waals surface area contributed by atoms with Gasteiger partial charge in [0.05, 0.1) is 5.56 Å². The van der Waals surface area contributed by atoms with Gasteiger partial charge in [-0.05, 0) is 42.3 Å². The third kappa shape index (κ3) is 4.41. The Balaban J connectivity index is 1.76. The van der Waals surface area contributed by atoms with Crippen LogP contribution in [0.15, 0.2) is 59.6 Å². The van der Waals surface area contributed by atoms with Crippen LogP contribution in [0.25, 0.3) is 11.7 Å². The van der Waals surface area contributed by atoms with E-state index in [9.17, 15) is 14.9 Å². The molecule has 0 saturated heterocycles. The van der Waals surface area contributed by atoms with Crippen LogP contribution in [0.2, 0.25) is 0 Å². The maximum absolute atomic E-state index is 13.3. The molecule has 0 bridgehead atoms. The fourth-order valence-electron chi connectivity index (χ4n) is 3.37. The zero-order valence-corrected chi connectivity index (χ0v) is 17.9. The first-order chi connectivity index (χ1) is 16.0. The fourth-order valence-corrected chi connectivity index (χ4v) is 3.37. The van der Waals surface area contributed by atoms with Gasteiger partial charge >= 0.3 is 0 Å². The van der Waals surface area contributed by atoms with E-state index in [1.54, 1.807) is 12.3 Å². The molecule has 166 valence electrons. The lowest BCUT2D eigenvalue weighted by Gasteiger charge is -2.13. The molecule has 2 N–H and O–H groups in total. The minimum absolute atomic E-state index is 0.101. The number of carbonyl (C=O) groups is 1. The third-order valence-corrected chi connectivity index (χ3v) is 5.04. The summed E-state index contributed by atoms with van der Waals surface area (Å²) >= 11 is 0. The van der Waals surface area contributed by atoms with Gasteiger partial charge in [0.25, 0.3) is 11.5 Å². The van der Waals surface area contributed by atoms with Crippen molar-refractivity contribution in [1.82, 2.24) is 14.7 Å². The molecule has 0 fully saturated rings. The summed E-state index contributed by atoms with van der Waals surface area (Å²) in [7, 11) is 0. The zero-order chi connectivity index (χ0) is 23.4. The number of rotatable bonds is 7. The number of fused-ring (bicyclic) bond motifs is 2. The van der Waals surface area contributed by atoms with Gasteiger partial charge in [-0.15, -0.1) is 6.58 Å². The molecule has 0 spiro atoms. The average Bonchev–Trinajstić information content (AvgIpc) is 3.29. The summed E-state index contributed by atoms with van der Waals surface area (Å²) in [4.78, 5) is 30.3. The van der Waals surface area contributed by atoms with Crippen LogP contribution < -0.4 is 25.7 Å². The van der Waals surface area contributed by atoms with Crippen molar-refractivity contribution in [3.63, 3.8) is 0 Å². The second kappa shape index (κ2) is 9.28. The number of hydrogen-bond acceptors (Lipinski definition) is 7. The van der Waals surface area contributed by atoms with Crippen LogP contribution in [-0.2, 0) is 11.3 Å². The molecule has 4 rings (SSSR count). The lowest BCUT2D eigenvalue weighted by atomic mass is 10.1. The molecule has 1 aliphatic heterocycles. The summed E-state index contributed by atoms with van der Waals surface area (Å²) in [6.07, 6.45) is 4.35. The number of pyridine rings is 1. The van der Waals surface area contributed by atoms with Gasteiger partial charge in [0.1, 0.15) is 23.1 Å². The summed E-state index contributed by atoms with van der Waals surface area (Å²) in [6, 6.07) is 11.0. The molecular weight excluding hydrogens is 422 g/mol. The van der Waals surface area contributed by atoms with Gasteiger partial charge in [0.2, 0.25) is 6.79 Å². The Kier molecular flexibility index (Phi) is 6.09. The third-order valence-electron chi connectivity index (χ3n) is 5.04. The molecule has 0 radical (unpaired) electrons. The molecule has 3 aromatic rings. The maximum atomic E-state index is 13.3. The first-order valence-corrected chi connectivity index (χ1v) is 10.2. The Morgan fingerprint density at radius 1 is 1.33 bits per heavy atom. The van der Waals surface area contributed by atoms with Crippen LogP contribution in [0.4, 0.5) is 5.82 Å². The van der Waals surface area contributed by atoms with Crippen molar-refractivity contribution in [1.29, 1.82) is 5.26 Å². The number of nitriles is 1. The topological polar surface area (TPSA) is 118 Å². The summed E-state index contributed by atoms with van der Waals surface area (Å²) in [5.74, 6) is 0.968. The van der Waals surface area contributed by atoms with Crippen molar-refractivity contribution in [2.75, 3.05) is 18.7 Å². The Morgan fingerprint density at radius 2 is 2.15 bits per heavy atom. The van der Waals surface area contributed by atoms with Crippen molar-refractivity contribution in [3.8, 4) is 17.6 Å². The maximum Gasteiger partial charge on any atom is 0.267 e. The highest BCUT2D eigenvalue weighted by molar-refractivity contribution is 6.02. The molecule has 3 heterocycles. The Bertz CT molecular complexity index is 1380. The van der Waals surface area contributed by atoms with Crippen molar-refractivity contribution >= 4 is 23.4 Å². The quantitative estimate of drug-likeness (QED) is 0.327. The molecule has 1 amide bonds. The van der Waals surface area contributed by atoms with Crippen molar-refractivity contribution in [3.05, 3.63) is 81.8 Å². The standard InChI is InChI=1S/C24H21N5O4/c1-3-8-26-23(30)17(12-25)11-18-21(28-22-15(2)5-4-9-29(22)24(18)31)27-13-16-6-7-19-20(10-16)33-14-32-19/h3-7,9-11,27H,1,8,13-14H2,2H3,(H,26,30)/b17-11+. The second-order valence-electron chi connectivity index (χ2n) is 7.27. The van der Waals surface area contributed by atoms with Gasteiger partial charge in [-0.1, -0.05) is 18.2 Å². The second-order valence-corrected chi connectivity index (χ2v) is 7.27. The average molecular weight is 443 g/mol. The predicted molar refractivity (Wildman–Crippen MR) is 123 cm³/mol. The molecule has 9 heteroatoms. The van der Waals surface area contributed by atoms with E-state index in [0.717, 1.165) is 11.1 Å². The molecule has 2 aromatic heterocycles. The Labute approximate surface area is 189 Å². The molecule has 0 atom stereocenters. The highest BCUT2D eigenvalue weighted by Crippen LogP contribution is 2.32. The van der Waals surface area contributed by atoms with E-state index in [2.05, 4.69) is 22.2 Å². The molecule has 0 saturated carbocycles. The highest BCUT2D eigenvalue weighted by Gasteiger charge is 2.17. The van der Waals surface area contributed by atoms with Crippen LogP contribution in [0.5, 0.6) is 11.5 Å². The largest absolute Gasteiger partial charge is 0.454 e. The SMILES string of the molecule is C=CCNC(=O)/C(C#N)=C/c1c(NCc2ccc3c(c2)OCO3)nc2c(C)cccn2c1=O. The van der Waals surface area contributed by atoms with Gasteiger partial charge in [-0.25, -0.2) is 4.98 Å². The van der Waals surface area contributed by atoms with Crippen LogP contribution in [-0.4, -0.2) is 28.6 Å². The van der Waals surface area contributed by atoms with Crippen LogP contribution >= 0.6 is 0 Å². The van der Waals surface area contributed by atoms with Gasteiger partial charge < -0.3 is 20.1 Å². The number of nitrogens with one attached hydrogen (secondary N) is 2. The first kappa shape index (κ1) is 21.6. The van der Waals surface area contributed by atoms with Crippen LogP contribution in [0.3, 0.4) is 0 Å². The number of benzene rings is 1. The number of aromatic nitrogens is 2.